The summed E-state index contributed by atoms with van der Waals surface area (Å²) in [5.74, 6) is -0.139. The average molecular weight is 299 g/mol. The smallest absolute Gasteiger partial charge is 0.248 e. The minimum atomic E-state index is -0.502. The standard InChI is InChI=1S/C15H13N3O2S/c1-9-2-3-12-11(6-9)18-14(21-12)8-20-13-7-10(15(16)19)4-5-17-13/h2-7H,8H2,1H3,(H2,16,19). The molecular formula is C15H13N3O2S. The van der Waals surface area contributed by atoms with E-state index in [0.29, 0.717) is 18.1 Å². The van der Waals surface area contributed by atoms with Crippen LogP contribution in [0.2, 0.25) is 0 Å². The fourth-order valence-electron chi connectivity index (χ4n) is 1.92. The lowest BCUT2D eigenvalue weighted by Gasteiger charge is -2.03. The number of ether oxygens (including phenoxy) is 1. The maximum absolute atomic E-state index is 11.1. The normalized spacial score (nSPS) is 10.7. The van der Waals surface area contributed by atoms with E-state index in [1.165, 1.54) is 17.8 Å². The second-order valence-electron chi connectivity index (χ2n) is 4.61. The number of carbonyl (C=O) groups excluding carboxylic acids is 1. The molecule has 106 valence electrons. The van der Waals surface area contributed by atoms with Crippen LogP contribution in [0.3, 0.4) is 0 Å². The Kier molecular flexibility index (Phi) is 3.53. The van der Waals surface area contributed by atoms with Crippen molar-refractivity contribution in [3.63, 3.8) is 0 Å². The van der Waals surface area contributed by atoms with Crippen LogP contribution in [0.1, 0.15) is 20.9 Å². The van der Waals surface area contributed by atoms with Gasteiger partial charge in [-0.3, -0.25) is 4.79 Å². The molecule has 0 aliphatic rings. The number of hydrogen-bond donors (Lipinski definition) is 1. The minimum absolute atomic E-state index is 0.313. The molecule has 1 amide bonds. The van der Waals surface area contributed by atoms with Crippen LogP contribution in [-0.2, 0) is 6.61 Å². The zero-order chi connectivity index (χ0) is 14.8. The Balaban J connectivity index is 1.77. The van der Waals surface area contributed by atoms with E-state index in [1.54, 1.807) is 17.4 Å². The van der Waals surface area contributed by atoms with Gasteiger partial charge in [0.05, 0.1) is 10.2 Å². The summed E-state index contributed by atoms with van der Waals surface area (Å²) in [5.41, 5.74) is 7.74. The molecule has 0 saturated heterocycles. The fourth-order valence-corrected chi connectivity index (χ4v) is 2.79. The number of aryl methyl sites for hydroxylation is 1. The van der Waals surface area contributed by atoms with Crippen molar-refractivity contribution in [3.05, 3.63) is 52.7 Å². The molecule has 3 aromatic rings. The van der Waals surface area contributed by atoms with E-state index in [0.717, 1.165) is 15.2 Å². The number of benzene rings is 1. The molecule has 2 N–H and O–H groups in total. The largest absolute Gasteiger partial charge is 0.470 e. The van der Waals surface area contributed by atoms with E-state index < -0.39 is 5.91 Å². The van der Waals surface area contributed by atoms with E-state index in [9.17, 15) is 4.79 Å². The molecule has 0 atom stereocenters. The zero-order valence-electron chi connectivity index (χ0n) is 11.4. The monoisotopic (exact) mass is 299 g/mol. The summed E-state index contributed by atoms with van der Waals surface area (Å²) >= 11 is 1.58. The van der Waals surface area contributed by atoms with E-state index in [4.69, 9.17) is 10.5 Å². The summed E-state index contributed by atoms with van der Waals surface area (Å²) in [5, 5.41) is 0.863. The number of hydrogen-bond acceptors (Lipinski definition) is 5. The number of pyridine rings is 1. The second-order valence-corrected chi connectivity index (χ2v) is 5.73. The van der Waals surface area contributed by atoms with Gasteiger partial charge in [0.15, 0.2) is 0 Å². The average Bonchev–Trinajstić information content (AvgIpc) is 2.87. The molecule has 0 fully saturated rings. The summed E-state index contributed by atoms with van der Waals surface area (Å²) in [6.07, 6.45) is 1.50. The van der Waals surface area contributed by atoms with Crippen LogP contribution in [0.5, 0.6) is 5.88 Å². The first-order chi connectivity index (χ1) is 10.1. The van der Waals surface area contributed by atoms with Gasteiger partial charge in [-0.2, -0.15) is 0 Å². The molecule has 0 aliphatic heterocycles. The number of nitrogens with zero attached hydrogens (tertiary/aromatic N) is 2. The van der Waals surface area contributed by atoms with Gasteiger partial charge in [-0.05, 0) is 30.7 Å². The van der Waals surface area contributed by atoms with Crippen molar-refractivity contribution in [2.45, 2.75) is 13.5 Å². The van der Waals surface area contributed by atoms with E-state index >= 15 is 0 Å². The van der Waals surface area contributed by atoms with Gasteiger partial charge in [-0.25, -0.2) is 9.97 Å². The van der Waals surface area contributed by atoms with Crippen molar-refractivity contribution in [2.24, 2.45) is 5.73 Å². The first-order valence-electron chi connectivity index (χ1n) is 6.36. The molecule has 1 aromatic carbocycles. The molecule has 3 rings (SSSR count). The molecule has 5 nitrogen and oxygen atoms in total. The molecule has 0 unspecified atom stereocenters. The first kappa shape index (κ1) is 13.5. The quantitative estimate of drug-likeness (QED) is 0.803. The Hall–Kier alpha value is -2.47. The molecule has 21 heavy (non-hydrogen) atoms. The third kappa shape index (κ3) is 3.00. The van der Waals surface area contributed by atoms with Crippen LogP contribution in [-0.4, -0.2) is 15.9 Å². The van der Waals surface area contributed by atoms with Gasteiger partial charge in [-0.15, -0.1) is 11.3 Å². The lowest BCUT2D eigenvalue weighted by atomic mass is 10.2. The maximum Gasteiger partial charge on any atom is 0.248 e. The Morgan fingerprint density at radius 2 is 2.19 bits per heavy atom. The molecule has 0 radical (unpaired) electrons. The van der Waals surface area contributed by atoms with Gasteiger partial charge in [0.25, 0.3) is 0 Å². The minimum Gasteiger partial charge on any atom is -0.470 e. The predicted octanol–water partition coefficient (Wildman–Crippen LogP) is 2.68. The lowest BCUT2D eigenvalue weighted by Crippen LogP contribution is -2.11. The van der Waals surface area contributed by atoms with Crippen LogP contribution in [0.15, 0.2) is 36.5 Å². The highest BCUT2D eigenvalue weighted by molar-refractivity contribution is 7.18. The number of carbonyl (C=O) groups is 1. The zero-order valence-corrected chi connectivity index (χ0v) is 12.2. The summed E-state index contributed by atoms with van der Waals surface area (Å²) in [6, 6.07) is 9.23. The van der Waals surface area contributed by atoms with Crippen LogP contribution < -0.4 is 10.5 Å². The van der Waals surface area contributed by atoms with Crippen molar-refractivity contribution in [1.82, 2.24) is 9.97 Å². The Labute approximate surface area is 125 Å². The van der Waals surface area contributed by atoms with Crippen molar-refractivity contribution in [3.8, 4) is 5.88 Å². The molecule has 2 heterocycles. The number of amides is 1. The Bertz CT molecular complexity index is 814. The third-order valence-corrected chi connectivity index (χ3v) is 3.96. The van der Waals surface area contributed by atoms with Crippen LogP contribution in [0.25, 0.3) is 10.2 Å². The van der Waals surface area contributed by atoms with Gasteiger partial charge in [-0.1, -0.05) is 6.07 Å². The van der Waals surface area contributed by atoms with Crippen molar-refractivity contribution in [2.75, 3.05) is 0 Å². The summed E-state index contributed by atoms with van der Waals surface area (Å²) < 4.78 is 6.69. The molecule has 0 spiro atoms. The SMILES string of the molecule is Cc1ccc2sc(COc3cc(C(N)=O)ccn3)nc2c1. The molecule has 0 bridgehead atoms. The summed E-state index contributed by atoms with van der Waals surface area (Å²) in [6.45, 7) is 2.35. The fraction of sp³-hybridized carbons (Fsp3) is 0.133. The van der Waals surface area contributed by atoms with E-state index in [2.05, 4.69) is 22.1 Å². The maximum atomic E-state index is 11.1. The van der Waals surface area contributed by atoms with Crippen molar-refractivity contribution < 1.29 is 9.53 Å². The molecule has 6 heteroatoms. The highest BCUT2D eigenvalue weighted by atomic mass is 32.1. The van der Waals surface area contributed by atoms with E-state index in [1.807, 2.05) is 13.0 Å². The number of nitrogens with two attached hydrogens (primary N) is 1. The lowest BCUT2D eigenvalue weighted by molar-refractivity contribution is 0.0999. The topological polar surface area (TPSA) is 78.1 Å². The van der Waals surface area contributed by atoms with Crippen LogP contribution in [0.4, 0.5) is 0 Å². The van der Waals surface area contributed by atoms with Gasteiger partial charge >= 0.3 is 0 Å². The van der Waals surface area contributed by atoms with Gasteiger partial charge < -0.3 is 10.5 Å². The van der Waals surface area contributed by atoms with Gasteiger partial charge in [0.2, 0.25) is 11.8 Å². The van der Waals surface area contributed by atoms with Gasteiger partial charge in [0, 0.05) is 17.8 Å². The van der Waals surface area contributed by atoms with Crippen molar-refractivity contribution in [1.29, 1.82) is 0 Å². The first-order valence-corrected chi connectivity index (χ1v) is 7.18. The van der Waals surface area contributed by atoms with Crippen molar-refractivity contribution >= 4 is 27.5 Å². The molecule has 0 saturated carbocycles. The van der Waals surface area contributed by atoms with Gasteiger partial charge in [0.1, 0.15) is 11.6 Å². The number of rotatable bonds is 4. The second kappa shape index (κ2) is 5.49. The number of fused-ring (bicyclic) bond motifs is 1. The highest BCUT2D eigenvalue weighted by Gasteiger charge is 2.07. The van der Waals surface area contributed by atoms with Crippen LogP contribution >= 0.6 is 11.3 Å². The summed E-state index contributed by atoms with van der Waals surface area (Å²) in [7, 11) is 0. The highest BCUT2D eigenvalue weighted by Crippen LogP contribution is 2.24. The Morgan fingerprint density at radius 3 is 3.00 bits per heavy atom. The molecular weight excluding hydrogens is 286 g/mol. The number of primary amides is 1. The number of thiazole rings is 1. The molecule has 0 aliphatic carbocycles. The predicted molar refractivity (Wildman–Crippen MR) is 81.4 cm³/mol. The molecule has 2 aromatic heterocycles. The Morgan fingerprint density at radius 1 is 1.33 bits per heavy atom. The van der Waals surface area contributed by atoms with Crippen LogP contribution in [0, 0.1) is 6.92 Å². The summed E-state index contributed by atoms with van der Waals surface area (Å²) in [4.78, 5) is 19.7. The number of aromatic nitrogens is 2. The van der Waals surface area contributed by atoms with E-state index in [-0.39, 0.29) is 0 Å². The third-order valence-electron chi connectivity index (χ3n) is 2.95.